The third kappa shape index (κ3) is 14.5. The molecule has 0 bridgehead atoms. The fraction of sp³-hybridized carbons (Fsp3) is 0. The molecule has 20 rings (SSSR count). The summed E-state index contributed by atoms with van der Waals surface area (Å²) < 4.78 is 187. The van der Waals surface area contributed by atoms with E-state index in [0.717, 1.165) is 104 Å². The van der Waals surface area contributed by atoms with Gasteiger partial charge in [0.05, 0.1) is 81.9 Å². The molecule has 0 aliphatic rings. The summed E-state index contributed by atoms with van der Waals surface area (Å²) in [4.78, 5) is 13.3. The maximum atomic E-state index is 16.6. The summed E-state index contributed by atoms with van der Waals surface area (Å²) in [6, 6.07) is 89.0. The molecule has 20 heteroatoms. The van der Waals surface area contributed by atoms with Crippen LogP contribution in [0.4, 0.5) is 132 Å². The summed E-state index contributed by atoms with van der Waals surface area (Å²) in [7, 11) is 0. The molecular formula is C108H56F12N8. The minimum Gasteiger partial charge on any atom is -0.307 e. The molecule has 0 aliphatic heterocycles. The second-order valence-corrected chi connectivity index (χ2v) is 30.3. The van der Waals surface area contributed by atoms with Crippen LogP contribution in [0.1, 0.15) is 11.1 Å². The number of nitrogens with zero attached hydrogens (tertiary/aromatic N) is 8. The SMILES string of the molecule is [C-]#[N+]c1ccc(N(c2cc(F)c(-c3ccc(F)cc3)cc2F)c2ccc3ccc4c(N(c5ccc(C#N)cc5)c5cc(F)c(-c6ccc(F)cc6)cc5F)ccc5ccc2c3c54)cc1.[C-]#[N+]c1ccc(N(c2cc(F)c(-c3cccc(F)c3)cc2F)c2ccc3ccc4c(N(c5ccc(C#N)cc5)c5cc(F)c(-c6cccc(F)c6)cc5F)ccc5ccc2c3c54)cc1. The normalized spacial score (nSPS) is 11.2. The highest BCUT2D eigenvalue weighted by Crippen LogP contribution is 2.53. The highest BCUT2D eigenvalue weighted by atomic mass is 19.2. The Labute approximate surface area is 723 Å². The Balaban J connectivity index is 0.000000167. The average molecular weight is 1690 g/mol. The van der Waals surface area contributed by atoms with E-state index in [-0.39, 0.29) is 67.3 Å². The first-order valence-corrected chi connectivity index (χ1v) is 39.8. The Kier molecular flexibility index (Phi) is 20.7. The van der Waals surface area contributed by atoms with E-state index < -0.39 is 69.8 Å². The molecule has 0 aliphatic carbocycles. The van der Waals surface area contributed by atoms with Crippen molar-refractivity contribution >= 4 is 144 Å². The van der Waals surface area contributed by atoms with Gasteiger partial charge in [0, 0.05) is 90.8 Å². The number of hydrogen-bond acceptors (Lipinski definition) is 6. The van der Waals surface area contributed by atoms with E-state index in [1.54, 1.807) is 141 Å². The van der Waals surface area contributed by atoms with Crippen molar-refractivity contribution in [2.75, 3.05) is 19.6 Å². The van der Waals surface area contributed by atoms with E-state index in [1.807, 2.05) is 72.8 Å². The standard InChI is InChI=1S/2C54H28F6N4/c1-62-38-16-20-40(21-17-38)64(52-29-46(58)44(27-48(52)60)33-6-14-37(56)15-7-33)50-25-11-35-8-22-41-49(24-10-34-9-23-42(50)54(35)53(34)41)63(39-18-2-31(30-61)3-19-39)51-28-45(57)43(26-47(51)59)32-4-12-36(55)13-5-32;1-62-38-14-18-40(19-15-38)64(52-29-46(58)44(27-48(52)60)35-5-3-7-37(56)25-35)50-23-13-33-10-20-41-49(22-12-32-11-21-42(50)54(33)53(32)41)63(39-16-8-31(30-61)9-17-39)51-28-45(57)43(26-47(51)59)34-4-2-6-36(55)24-34/h2*2-29H. The van der Waals surface area contributed by atoms with Crippen LogP contribution < -0.4 is 19.6 Å². The van der Waals surface area contributed by atoms with Crippen molar-refractivity contribution in [1.82, 2.24) is 0 Å². The van der Waals surface area contributed by atoms with Gasteiger partial charge in [0.1, 0.15) is 69.8 Å². The molecule has 0 atom stereocenters. The third-order valence-electron chi connectivity index (χ3n) is 22.9. The fourth-order valence-corrected chi connectivity index (χ4v) is 17.0. The van der Waals surface area contributed by atoms with Crippen molar-refractivity contribution in [2.24, 2.45) is 0 Å². The zero-order valence-electron chi connectivity index (χ0n) is 66.4. The predicted octanol–water partition coefficient (Wildman–Crippen LogP) is 32.2. The Bertz CT molecular complexity index is 7550. The molecular weight excluding hydrogens is 1640 g/mol. The Morgan fingerprint density at radius 2 is 0.469 bits per heavy atom. The zero-order valence-corrected chi connectivity index (χ0v) is 66.4. The molecule has 0 heterocycles. The van der Waals surface area contributed by atoms with Gasteiger partial charge in [-0.3, -0.25) is 0 Å². The van der Waals surface area contributed by atoms with Gasteiger partial charge in [-0.15, -0.1) is 0 Å². The van der Waals surface area contributed by atoms with E-state index in [0.29, 0.717) is 89.5 Å². The average Bonchev–Trinajstić information content (AvgIpc) is 0.719. The largest absolute Gasteiger partial charge is 0.307 e. The lowest BCUT2D eigenvalue weighted by Gasteiger charge is -2.30. The number of hydrogen-bond donors (Lipinski definition) is 0. The lowest BCUT2D eigenvalue weighted by molar-refractivity contribution is 0.603. The third-order valence-corrected chi connectivity index (χ3v) is 22.9. The topological polar surface area (TPSA) is 69.3 Å². The molecule has 0 saturated carbocycles. The van der Waals surface area contributed by atoms with Gasteiger partial charge in [-0.25, -0.2) is 62.4 Å². The summed E-state index contributed by atoms with van der Waals surface area (Å²) >= 11 is 0. The van der Waals surface area contributed by atoms with Crippen molar-refractivity contribution in [3.05, 3.63) is 443 Å². The molecule has 20 aromatic rings. The van der Waals surface area contributed by atoms with Crippen molar-refractivity contribution in [2.45, 2.75) is 0 Å². The van der Waals surface area contributed by atoms with Crippen molar-refractivity contribution in [3.8, 4) is 56.6 Å². The van der Waals surface area contributed by atoms with Crippen molar-refractivity contribution in [3.63, 3.8) is 0 Å². The van der Waals surface area contributed by atoms with E-state index in [9.17, 15) is 28.1 Å². The highest BCUT2D eigenvalue weighted by Gasteiger charge is 2.31. The molecule has 0 amide bonds. The van der Waals surface area contributed by atoms with E-state index >= 15 is 35.1 Å². The number of nitriles is 2. The van der Waals surface area contributed by atoms with Gasteiger partial charge in [-0.2, -0.15) is 10.5 Å². The first kappa shape index (κ1) is 80.5. The zero-order chi connectivity index (χ0) is 88.4. The van der Waals surface area contributed by atoms with Crippen molar-refractivity contribution in [1.29, 1.82) is 10.5 Å². The molecule has 20 aromatic carbocycles. The summed E-state index contributed by atoms with van der Waals surface area (Å²) in [6.45, 7) is 15.0. The van der Waals surface area contributed by atoms with Crippen LogP contribution in [-0.2, 0) is 0 Å². The maximum Gasteiger partial charge on any atom is 0.187 e. The Morgan fingerprint density at radius 3 is 0.719 bits per heavy atom. The predicted molar refractivity (Wildman–Crippen MR) is 482 cm³/mol. The Morgan fingerprint density at radius 1 is 0.219 bits per heavy atom. The van der Waals surface area contributed by atoms with Crippen LogP contribution in [0.3, 0.4) is 0 Å². The van der Waals surface area contributed by atoms with E-state index in [4.69, 9.17) is 13.1 Å². The number of halogens is 12. The summed E-state index contributed by atoms with van der Waals surface area (Å²) in [5.74, 6) is -8.43. The number of benzene rings is 20. The molecule has 0 aromatic heterocycles. The molecule has 0 saturated heterocycles. The second-order valence-electron chi connectivity index (χ2n) is 30.3. The van der Waals surface area contributed by atoms with Gasteiger partial charge in [-0.05, 0) is 235 Å². The molecule has 0 radical (unpaired) electrons. The first-order chi connectivity index (χ1) is 62.2. The highest BCUT2D eigenvalue weighted by molar-refractivity contribution is 6.30. The smallest absolute Gasteiger partial charge is 0.187 e. The van der Waals surface area contributed by atoms with Gasteiger partial charge in [0.2, 0.25) is 0 Å². The van der Waals surface area contributed by atoms with Crippen LogP contribution in [0.5, 0.6) is 0 Å². The van der Waals surface area contributed by atoms with Gasteiger partial charge in [0.15, 0.2) is 11.4 Å². The van der Waals surface area contributed by atoms with Crippen molar-refractivity contribution < 1.29 is 52.7 Å². The van der Waals surface area contributed by atoms with Crippen LogP contribution in [0.15, 0.2) is 340 Å². The van der Waals surface area contributed by atoms with E-state index in [2.05, 4.69) is 21.8 Å². The molecule has 8 nitrogen and oxygen atoms in total. The molecule has 0 spiro atoms. The van der Waals surface area contributed by atoms with Crippen LogP contribution >= 0.6 is 0 Å². The number of anilines is 12. The molecule has 612 valence electrons. The number of rotatable bonds is 16. The summed E-state index contributed by atoms with van der Waals surface area (Å²) in [6.07, 6.45) is 0. The van der Waals surface area contributed by atoms with E-state index in [1.165, 1.54) is 84.9 Å². The first-order valence-electron chi connectivity index (χ1n) is 39.8. The summed E-state index contributed by atoms with van der Waals surface area (Å²) in [5.41, 5.74) is 4.97. The minimum absolute atomic E-state index is 0.0549. The van der Waals surface area contributed by atoms with Gasteiger partial charge < -0.3 is 19.6 Å². The van der Waals surface area contributed by atoms with Gasteiger partial charge in [-0.1, -0.05) is 146 Å². The minimum atomic E-state index is -0.796. The quantitative estimate of drug-likeness (QED) is 0.0545. The fourth-order valence-electron chi connectivity index (χ4n) is 17.0. The monoisotopic (exact) mass is 1690 g/mol. The van der Waals surface area contributed by atoms with Gasteiger partial charge in [0.25, 0.3) is 0 Å². The molecule has 0 fully saturated rings. The lowest BCUT2D eigenvalue weighted by atomic mass is 9.91. The van der Waals surface area contributed by atoms with Gasteiger partial charge >= 0.3 is 0 Å². The second kappa shape index (κ2) is 32.9. The van der Waals surface area contributed by atoms with Crippen LogP contribution in [0.25, 0.3) is 119 Å². The summed E-state index contributed by atoms with van der Waals surface area (Å²) in [5, 5.41) is 27.9. The molecule has 0 N–H and O–H groups in total. The van der Waals surface area contributed by atoms with Crippen LogP contribution in [0.2, 0.25) is 0 Å². The molecule has 128 heavy (non-hydrogen) atoms. The lowest BCUT2D eigenvalue weighted by Crippen LogP contribution is -2.14. The van der Waals surface area contributed by atoms with Crippen LogP contribution in [-0.4, -0.2) is 0 Å². The Hall–Kier alpha value is -17.2. The molecule has 0 unspecified atom stereocenters. The van der Waals surface area contributed by atoms with Crippen LogP contribution in [0, 0.1) is 106 Å². The maximum absolute atomic E-state index is 16.6.